The van der Waals surface area contributed by atoms with Crippen molar-refractivity contribution in [2.45, 2.75) is 66.8 Å². The molecule has 0 aliphatic heterocycles. The van der Waals surface area contributed by atoms with Gasteiger partial charge in [-0.15, -0.1) is 0 Å². The van der Waals surface area contributed by atoms with Gasteiger partial charge in [-0.1, -0.05) is 66.8 Å². The number of rotatable bonds is 3. The van der Waals surface area contributed by atoms with Gasteiger partial charge in [-0.25, -0.2) is 5.26 Å². The van der Waals surface area contributed by atoms with E-state index in [0.717, 1.165) is 0 Å². The van der Waals surface area contributed by atoms with Crippen LogP contribution in [0.5, 0.6) is 0 Å². The maximum Gasteiger partial charge on any atom is 1.00 e. The summed E-state index contributed by atoms with van der Waals surface area (Å²) in [5.41, 5.74) is 0. The largest absolute Gasteiger partial charge is 1.00 e. The second-order valence-electron chi connectivity index (χ2n) is 0.942. The molecule has 0 unspecified atom stereocenters. The number of carbonyl (C=O) groups excluding carboxylic acids is 9. The van der Waals surface area contributed by atoms with Crippen LogP contribution in [0.1, 0.15) is 84.0 Å². The predicted octanol–water partition coefficient (Wildman–Crippen LogP) is -1.50. The lowest BCUT2D eigenvalue weighted by atomic mass is 11.7. The van der Waals surface area contributed by atoms with Gasteiger partial charge in [0, 0.05) is 21.3 Å². The summed E-state index contributed by atoms with van der Waals surface area (Å²) in [5, 5.41) is 30.8. The zero-order valence-corrected chi connectivity index (χ0v) is 14.5. The van der Waals surface area contributed by atoms with Crippen LogP contribution >= 0.6 is 0 Å². The summed E-state index contributed by atoms with van der Waals surface area (Å²) in [6.07, 6.45) is 0.750. The molecule has 0 aliphatic rings. The molecule has 10 N–H and O–H groups in total. The molecule has 0 aliphatic carbocycles. The lowest BCUT2D eigenvalue weighted by Gasteiger charge is -1.88. The molecule has 0 fully saturated rings. The second kappa shape index (κ2) is 1650. The van der Waals surface area contributed by atoms with Gasteiger partial charge >= 0.3 is 40.6 Å². The fraction of sp³-hybridized carbons (Fsp3) is 0.562. The maximum atomic E-state index is 8.70. The Kier molecular flexibility index (Phi) is 9080. The van der Waals surface area contributed by atoms with Crippen molar-refractivity contribution in [2.75, 3.05) is 0 Å². The van der Waals surface area contributed by atoms with Crippen molar-refractivity contribution in [3.8, 4) is 0 Å². The summed E-state index contributed by atoms with van der Waals surface area (Å²) < 4.78 is 0. The van der Waals surface area contributed by atoms with E-state index in [0.29, 0.717) is 0 Å². The average Bonchev–Trinajstić information content (AvgIpc) is 2.73. The van der Waals surface area contributed by atoms with Crippen LogP contribution in [0.2, 0.25) is 0 Å². The zero-order valence-electron chi connectivity index (χ0n) is 25.5. The fourth-order valence-electron chi connectivity index (χ4n) is 0. The van der Waals surface area contributed by atoms with E-state index < -0.39 is 0 Å². The maximum absolute atomic E-state index is 8.70. The summed E-state index contributed by atoms with van der Waals surface area (Å²) in [6, 6.07) is 0. The van der Waals surface area contributed by atoms with Gasteiger partial charge < -0.3 is 52.2 Å². The van der Waals surface area contributed by atoms with E-state index in [1.54, 1.807) is 0 Å². The number of hydrogen-bond donors (Lipinski definition) is 2. The normalized spacial score (nSPS) is 2.61. The second-order valence-corrected chi connectivity index (χ2v) is 0.942. The van der Waals surface area contributed by atoms with Crippen LogP contribution in [-0.2, 0) is 62.6 Å². The van der Waals surface area contributed by atoms with Crippen molar-refractivity contribution >= 4 is 44.3 Å². The van der Waals surface area contributed by atoms with Crippen molar-refractivity contribution in [2.24, 2.45) is 0 Å². The van der Waals surface area contributed by atoms with Crippen LogP contribution in [0.15, 0.2) is 0 Å². The van der Waals surface area contributed by atoms with E-state index in [-0.39, 0.29) is 150 Å². The third kappa shape index (κ3) is 8930. The van der Waals surface area contributed by atoms with E-state index in [1.165, 1.54) is 0 Å². The van der Waals surface area contributed by atoms with Crippen molar-refractivity contribution in [3.05, 3.63) is 19.9 Å². The zero-order chi connectivity index (χ0) is 25.1. The highest BCUT2D eigenvalue weighted by Gasteiger charge is 1.47. The van der Waals surface area contributed by atoms with Crippen molar-refractivity contribution in [1.29, 1.82) is 0 Å². The van der Waals surface area contributed by atoms with Crippen molar-refractivity contribution in [3.63, 3.8) is 0 Å². The van der Waals surface area contributed by atoms with Gasteiger partial charge in [0.15, 0.2) is 0 Å². The molecule has 0 rings (SSSR count). The topological polar surface area (TPSA) is 479 Å². The molecular formula is C16H63O25+9. The summed E-state index contributed by atoms with van der Waals surface area (Å²) in [5.74, 6) is 0. The molecule has 0 aromatic heterocycles. The molecule has 0 aromatic carbocycles. The Morgan fingerprint density at radius 1 is 0.512 bits per heavy atom. The first kappa shape index (κ1) is 226. The van der Waals surface area contributed by atoms with Crippen molar-refractivity contribution < 1.29 is 123 Å². The Hall–Kier alpha value is -5.06. The van der Waals surface area contributed by atoms with Crippen LogP contribution in [0.25, 0.3) is 0 Å². The average molecular weight is 656 g/mol. The highest BCUT2D eigenvalue weighted by atomic mass is 17.1. The van der Waals surface area contributed by atoms with E-state index >= 15 is 0 Å². The van der Waals surface area contributed by atoms with E-state index in [1.807, 2.05) is 0 Å². The Balaban J connectivity index is -0.00000000227. The molecule has 0 atom stereocenters. The van der Waals surface area contributed by atoms with Gasteiger partial charge in [0.1, 0.15) is 0 Å². The molecule has 0 bridgehead atoms. The third-order valence-electron chi connectivity index (χ3n) is 0.122. The van der Waals surface area contributed by atoms with E-state index in [9.17, 15) is 0 Å². The number of carboxylic acid groups (broad SMARTS) is 1. The van der Waals surface area contributed by atoms with Gasteiger partial charge in [0.05, 0.1) is 0 Å². The minimum absolute atomic E-state index is 0. The van der Waals surface area contributed by atoms with Crippen LogP contribution in [-0.4, -0.2) is 76.6 Å². The summed E-state index contributed by atoms with van der Waals surface area (Å²) >= 11 is 0. The Morgan fingerprint density at radius 2 is 0.561 bits per heavy atom. The standard InChI is InChI=1S/3CH2O3.CH2O2.3CO2.9CH4.2O2.4H2O.H2/c3*2-1-4-3;4*2-1-3;;;;;;;;;;2*1-2;;;;;/h3*1,3H;1H,(H,2,3);;;;9*1H4;;;4*1H2;1H/p+9. The lowest BCUT2D eigenvalue weighted by molar-refractivity contribution is -0.652. The van der Waals surface area contributed by atoms with Gasteiger partial charge in [-0.3, -0.25) is 19.2 Å². The van der Waals surface area contributed by atoms with Crippen LogP contribution in [0.4, 0.5) is 0 Å². The van der Waals surface area contributed by atoms with Crippen LogP contribution in [0, 0.1) is 19.9 Å². The molecule has 0 heterocycles. The monoisotopic (exact) mass is 655 g/mol. The molecule has 0 spiro atoms. The number of carbonyl (C=O) groups is 4. The fourth-order valence-corrected chi connectivity index (χ4v) is 0. The summed E-state index contributed by atoms with van der Waals surface area (Å²) in [6.45, 7) is -0.681. The SMILES string of the molecule is C.C.C.C.C.C.C.C.C.O.O.O.O.O=C=O.O=C=O.O=C=O.O=CO.O=COO.O=CO[O-].O=CO[O-].O=O.O=O.[H+].[H+].[H+].[H+].[H+].[H+].[H+].[H+].[H+].[H+].[H+].[HH]. The Bertz CT molecular complexity index is 352. The van der Waals surface area contributed by atoms with Gasteiger partial charge in [-0.05, 0) is 0 Å². The molecule has 0 saturated carbocycles. The molecule has 0 aromatic rings. The molecule has 0 radical (unpaired) electrons. The highest BCUT2D eigenvalue weighted by Crippen LogP contribution is 1.33. The predicted molar refractivity (Wildman–Crippen MR) is 151 cm³/mol. The summed E-state index contributed by atoms with van der Waals surface area (Å²) in [7, 11) is 0. The first-order valence-corrected chi connectivity index (χ1v) is 3.98. The molecular weight excluding hydrogens is 592 g/mol. The lowest BCUT2D eigenvalue weighted by Crippen LogP contribution is -2.00. The Morgan fingerprint density at radius 3 is 0.561 bits per heavy atom. The minimum Gasteiger partial charge on any atom is -0.662 e. The van der Waals surface area contributed by atoms with Crippen LogP contribution in [0.3, 0.4) is 0 Å². The Labute approximate surface area is 255 Å². The smallest absolute Gasteiger partial charge is 0.662 e. The molecule has 0 amide bonds. The highest BCUT2D eigenvalue weighted by molar-refractivity contribution is 5.35. The molecule has 268 valence electrons. The van der Waals surface area contributed by atoms with Gasteiger partial charge in [0.25, 0.3) is 19.4 Å². The quantitative estimate of drug-likeness (QED) is 0.198. The van der Waals surface area contributed by atoms with E-state index in [2.05, 4.69) is 14.7 Å². The van der Waals surface area contributed by atoms with Crippen LogP contribution < -0.4 is 10.5 Å². The minimum atomic E-state index is -0.250. The van der Waals surface area contributed by atoms with E-state index in [4.69, 9.17) is 88.7 Å². The van der Waals surface area contributed by atoms with Gasteiger partial charge in [0.2, 0.25) is 0 Å². The first-order chi connectivity index (χ1) is 13.4. The number of hydrogen-bond acceptors (Lipinski definition) is 20. The third-order valence-corrected chi connectivity index (χ3v) is 0.122. The molecule has 0 saturated heterocycles. The van der Waals surface area contributed by atoms with Gasteiger partial charge in [-0.2, -0.15) is 28.8 Å². The summed E-state index contributed by atoms with van der Waals surface area (Å²) in [4.78, 5) is 119. The van der Waals surface area contributed by atoms with Crippen molar-refractivity contribution in [1.82, 2.24) is 0 Å². The molecule has 25 heteroatoms. The molecule has 25 nitrogen and oxygen atoms in total. The molecule has 41 heavy (non-hydrogen) atoms. The first-order valence-electron chi connectivity index (χ1n) is 3.98.